The summed E-state index contributed by atoms with van der Waals surface area (Å²) < 4.78 is 0. The zero-order valence-corrected chi connectivity index (χ0v) is 6.15. The molecular formula is C4H5NW. The first-order valence-corrected chi connectivity index (χ1v) is 1.58. The predicted molar refractivity (Wildman–Crippen MR) is 20.8 cm³/mol. The monoisotopic (exact) mass is 251 g/mol. The SMILES string of the molecule is [W].c1cc[nH]c1. The van der Waals surface area contributed by atoms with Crippen LogP contribution in [0.15, 0.2) is 24.5 Å². The average molecular weight is 251 g/mol. The van der Waals surface area contributed by atoms with E-state index in [9.17, 15) is 0 Å². The van der Waals surface area contributed by atoms with Crippen LogP contribution in [-0.2, 0) is 21.1 Å². The number of nitrogens with one attached hydrogen (secondary N) is 1. The van der Waals surface area contributed by atoms with Crippen molar-refractivity contribution in [2.75, 3.05) is 0 Å². The Morgan fingerprint density at radius 3 is 1.67 bits per heavy atom. The molecule has 6 heavy (non-hydrogen) atoms. The fourth-order valence-electron chi connectivity index (χ4n) is 0.278. The Kier molecular flexibility index (Phi) is 3.15. The molecule has 32 valence electrons. The summed E-state index contributed by atoms with van der Waals surface area (Å²) in [5.41, 5.74) is 0. The molecule has 0 aliphatic heterocycles. The fraction of sp³-hybridized carbons (Fsp3) is 0. The van der Waals surface area contributed by atoms with Gasteiger partial charge in [0.15, 0.2) is 0 Å². The zero-order chi connectivity index (χ0) is 3.54. The Morgan fingerprint density at radius 2 is 1.50 bits per heavy atom. The molecule has 0 amide bonds. The molecule has 2 heteroatoms. The summed E-state index contributed by atoms with van der Waals surface area (Å²) in [6, 6.07) is 3.89. The van der Waals surface area contributed by atoms with Crippen molar-refractivity contribution in [1.29, 1.82) is 0 Å². The first-order chi connectivity index (χ1) is 2.50. The van der Waals surface area contributed by atoms with Gasteiger partial charge in [-0.15, -0.1) is 0 Å². The van der Waals surface area contributed by atoms with E-state index in [-0.39, 0.29) is 21.1 Å². The number of hydrogen-bond donors (Lipinski definition) is 1. The number of rotatable bonds is 0. The van der Waals surface area contributed by atoms with Crippen molar-refractivity contribution in [2.24, 2.45) is 0 Å². The largest absolute Gasteiger partial charge is 0.368 e. The molecule has 0 saturated carbocycles. The van der Waals surface area contributed by atoms with Crippen LogP contribution in [0.3, 0.4) is 0 Å². The summed E-state index contributed by atoms with van der Waals surface area (Å²) in [4.78, 5) is 2.86. The van der Waals surface area contributed by atoms with Gasteiger partial charge < -0.3 is 4.98 Å². The minimum absolute atomic E-state index is 0. The van der Waals surface area contributed by atoms with Gasteiger partial charge in [-0.3, -0.25) is 0 Å². The van der Waals surface area contributed by atoms with Crippen LogP contribution in [-0.4, -0.2) is 4.98 Å². The number of aromatic amines is 1. The van der Waals surface area contributed by atoms with Gasteiger partial charge in [-0.05, 0) is 12.1 Å². The summed E-state index contributed by atoms with van der Waals surface area (Å²) in [6.45, 7) is 0. The Labute approximate surface area is 51.0 Å². The maximum atomic E-state index is 2.86. The zero-order valence-electron chi connectivity index (χ0n) is 3.22. The second-order valence-electron chi connectivity index (χ2n) is 0.885. The molecule has 0 atom stereocenters. The van der Waals surface area contributed by atoms with E-state index in [0.717, 1.165) is 0 Å². The van der Waals surface area contributed by atoms with E-state index in [2.05, 4.69) is 4.98 Å². The topological polar surface area (TPSA) is 15.8 Å². The molecule has 0 saturated heterocycles. The van der Waals surface area contributed by atoms with Crippen molar-refractivity contribution >= 4 is 0 Å². The molecule has 1 nitrogen and oxygen atoms in total. The van der Waals surface area contributed by atoms with Crippen molar-refractivity contribution in [3.05, 3.63) is 24.5 Å². The summed E-state index contributed by atoms with van der Waals surface area (Å²) in [6.07, 6.45) is 3.75. The molecule has 0 bridgehead atoms. The van der Waals surface area contributed by atoms with Crippen LogP contribution in [0.4, 0.5) is 0 Å². The van der Waals surface area contributed by atoms with E-state index in [1.165, 1.54) is 0 Å². The number of aromatic nitrogens is 1. The van der Waals surface area contributed by atoms with E-state index in [1.54, 1.807) is 0 Å². The average Bonchev–Trinajstić information content (AvgIpc) is 1.76. The fourth-order valence-corrected chi connectivity index (χ4v) is 0.278. The third-order valence-electron chi connectivity index (χ3n) is 0.496. The van der Waals surface area contributed by atoms with Crippen LogP contribution >= 0.6 is 0 Å². The molecule has 1 aromatic rings. The van der Waals surface area contributed by atoms with Gasteiger partial charge >= 0.3 is 0 Å². The van der Waals surface area contributed by atoms with E-state index >= 15 is 0 Å². The Balaban J connectivity index is 0.000000250. The normalized spacial score (nSPS) is 6.67. The van der Waals surface area contributed by atoms with Gasteiger partial charge in [0.05, 0.1) is 0 Å². The second kappa shape index (κ2) is 3.17. The first kappa shape index (κ1) is 5.97. The Morgan fingerprint density at radius 1 is 1.00 bits per heavy atom. The molecular weight excluding hydrogens is 246 g/mol. The summed E-state index contributed by atoms with van der Waals surface area (Å²) in [5, 5.41) is 0. The summed E-state index contributed by atoms with van der Waals surface area (Å²) in [5.74, 6) is 0. The van der Waals surface area contributed by atoms with Crippen LogP contribution in [0.5, 0.6) is 0 Å². The third kappa shape index (κ3) is 1.42. The van der Waals surface area contributed by atoms with Gasteiger partial charge in [0.25, 0.3) is 0 Å². The van der Waals surface area contributed by atoms with Gasteiger partial charge in [-0.1, -0.05) is 0 Å². The van der Waals surface area contributed by atoms with Gasteiger partial charge in [-0.2, -0.15) is 0 Å². The molecule has 0 unspecified atom stereocenters. The van der Waals surface area contributed by atoms with Crippen molar-refractivity contribution < 1.29 is 21.1 Å². The van der Waals surface area contributed by atoms with Gasteiger partial charge in [0.1, 0.15) is 0 Å². The van der Waals surface area contributed by atoms with E-state index in [4.69, 9.17) is 0 Å². The van der Waals surface area contributed by atoms with Crippen LogP contribution in [0, 0.1) is 0 Å². The number of H-pyrrole nitrogens is 1. The Hall–Kier alpha value is -0.0317. The molecule has 1 aromatic heterocycles. The molecule has 0 fully saturated rings. The van der Waals surface area contributed by atoms with E-state index < -0.39 is 0 Å². The van der Waals surface area contributed by atoms with E-state index in [0.29, 0.717) is 0 Å². The second-order valence-corrected chi connectivity index (χ2v) is 0.885. The maximum Gasteiger partial charge on any atom is 0.000496 e. The van der Waals surface area contributed by atoms with Crippen LogP contribution in [0.25, 0.3) is 0 Å². The van der Waals surface area contributed by atoms with Crippen molar-refractivity contribution in [3.63, 3.8) is 0 Å². The molecule has 0 radical (unpaired) electrons. The smallest absolute Gasteiger partial charge is 0.000496 e. The van der Waals surface area contributed by atoms with Gasteiger partial charge in [-0.25, -0.2) is 0 Å². The molecule has 0 aliphatic carbocycles. The minimum atomic E-state index is 0. The number of hydrogen-bond acceptors (Lipinski definition) is 0. The van der Waals surface area contributed by atoms with Crippen molar-refractivity contribution in [1.82, 2.24) is 4.98 Å². The molecule has 0 aliphatic rings. The third-order valence-corrected chi connectivity index (χ3v) is 0.496. The van der Waals surface area contributed by atoms with Crippen molar-refractivity contribution in [3.8, 4) is 0 Å². The molecule has 0 spiro atoms. The van der Waals surface area contributed by atoms with E-state index in [1.807, 2.05) is 24.5 Å². The van der Waals surface area contributed by atoms with Gasteiger partial charge in [0, 0.05) is 33.5 Å². The standard InChI is InChI=1S/C4H5N.W/c1-2-4-5-3-1;/h1-5H;. The molecule has 1 rings (SSSR count). The van der Waals surface area contributed by atoms with Crippen LogP contribution < -0.4 is 0 Å². The van der Waals surface area contributed by atoms with Gasteiger partial charge in [0.2, 0.25) is 0 Å². The molecule has 1 N–H and O–H groups in total. The summed E-state index contributed by atoms with van der Waals surface area (Å²) >= 11 is 0. The van der Waals surface area contributed by atoms with Crippen LogP contribution in [0.1, 0.15) is 0 Å². The van der Waals surface area contributed by atoms with Crippen molar-refractivity contribution in [2.45, 2.75) is 0 Å². The predicted octanol–water partition coefficient (Wildman–Crippen LogP) is 1.01. The Bertz CT molecular complexity index is 64.0. The first-order valence-electron chi connectivity index (χ1n) is 1.58. The molecule has 1 heterocycles. The quantitative estimate of drug-likeness (QED) is 0.708. The maximum absolute atomic E-state index is 2.86. The van der Waals surface area contributed by atoms with Crippen LogP contribution in [0.2, 0.25) is 0 Å². The minimum Gasteiger partial charge on any atom is -0.368 e. The summed E-state index contributed by atoms with van der Waals surface area (Å²) in [7, 11) is 0. The molecule has 0 aromatic carbocycles.